The highest BCUT2D eigenvalue weighted by Crippen LogP contribution is 2.35. The third-order valence-electron chi connectivity index (χ3n) is 7.19. The normalized spacial score (nSPS) is 14.5. The molecule has 0 saturated carbocycles. The molecule has 6 rings (SSSR count). The second-order valence-corrected chi connectivity index (χ2v) is 9.82. The van der Waals surface area contributed by atoms with E-state index in [4.69, 9.17) is 0 Å². The summed E-state index contributed by atoms with van der Waals surface area (Å²) in [5.41, 5.74) is 9.57. The minimum absolute atomic E-state index is 0.279. The van der Waals surface area contributed by atoms with Crippen LogP contribution < -0.4 is 4.90 Å². The summed E-state index contributed by atoms with van der Waals surface area (Å²) in [5, 5.41) is 0. The van der Waals surface area contributed by atoms with E-state index >= 15 is 0 Å². The number of imidazole rings is 1. The Kier molecular flexibility index (Phi) is 6.49. The van der Waals surface area contributed by atoms with E-state index in [1.807, 2.05) is 12.3 Å². The SMILES string of the molecule is Cc1cc(-c2cccc(N(c3ccccc3)C3C=CC=CC3)c2)cc(C)c1-n1ccnc1-c1ccccc1. The van der Waals surface area contributed by atoms with Crippen LogP contribution in [-0.4, -0.2) is 15.6 Å². The van der Waals surface area contributed by atoms with E-state index in [0.29, 0.717) is 0 Å². The summed E-state index contributed by atoms with van der Waals surface area (Å²) in [7, 11) is 0. The molecular formula is C35H31N3. The molecule has 5 aromatic rings. The van der Waals surface area contributed by atoms with Crippen LogP contribution in [0, 0.1) is 13.8 Å². The number of benzene rings is 4. The summed E-state index contributed by atoms with van der Waals surface area (Å²) in [5.74, 6) is 0.958. The monoisotopic (exact) mass is 493 g/mol. The zero-order valence-corrected chi connectivity index (χ0v) is 21.8. The summed E-state index contributed by atoms with van der Waals surface area (Å²) in [4.78, 5) is 7.12. The van der Waals surface area contributed by atoms with E-state index in [0.717, 1.165) is 17.8 Å². The van der Waals surface area contributed by atoms with E-state index in [9.17, 15) is 0 Å². The zero-order chi connectivity index (χ0) is 25.9. The maximum atomic E-state index is 4.68. The van der Waals surface area contributed by atoms with Crippen LogP contribution in [0.5, 0.6) is 0 Å². The fourth-order valence-corrected chi connectivity index (χ4v) is 5.50. The van der Waals surface area contributed by atoms with Crippen LogP contribution in [0.15, 0.2) is 134 Å². The topological polar surface area (TPSA) is 21.1 Å². The molecule has 186 valence electrons. The van der Waals surface area contributed by atoms with Gasteiger partial charge in [-0.15, -0.1) is 0 Å². The minimum atomic E-state index is 0.279. The lowest BCUT2D eigenvalue weighted by molar-refractivity contribution is 0.785. The van der Waals surface area contributed by atoms with Gasteiger partial charge in [0.05, 0.1) is 11.7 Å². The number of rotatable bonds is 6. The van der Waals surface area contributed by atoms with Gasteiger partial charge in [0.15, 0.2) is 0 Å². The standard InChI is InChI=1S/C35H31N3/c1-26-23-30(24-27(2)34(26)37-22-21-36-35(37)28-13-6-3-7-14-28)29-15-12-20-33(25-29)38(31-16-8-4-9-17-31)32-18-10-5-11-19-32/h3-18,20-25,32H,19H2,1-2H3. The summed E-state index contributed by atoms with van der Waals surface area (Å²) in [6, 6.07) is 34.8. The number of hydrogen-bond acceptors (Lipinski definition) is 2. The molecule has 3 heteroatoms. The largest absolute Gasteiger partial charge is 0.334 e. The van der Waals surface area contributed by atoms with Crippen LogP contribution in [0.25, 0.3) is 28.2 Å². The van der Waals surface area contributed by atoms with E-state index in [1.54, 1.807) is 0 Å². The highest BCUT2D eigenvalue weighted by atomic mass is 15.2. The smallest absolute Gasteiger partial charge is 0.144 e. The molecule has 38 heavy (non-hydrogen) atoms. The predicted octanol–water partition coefficient (Wildman–Crippen LogP) is 8.85. The molecule has 1 heterocycles. The van der Waals surface area contributed by atoms with Gasteiger partial charge in [-0.25, -0.2) is 4.98 Å². The number of aryl methyl sites for hydroxylation is 2. The first kappa shape index (κ1) is 23.7. The maximum absolute atomic E-state index is 4.68. The first-order chi connectivity index (χ1) is 18.7. The molecule has 1 unspecified atom stereocenters. The Hall–Kier alpha value is -4.63. The van der Waals surface area contributed by atoms with Gasteiger partial charge in [0.1, 0.15) is 5.82 Å². The average molecular weight is 494 g/mol. The van der Waals surface area contributed by atoms with Gasteiger partial charge in [0, 0.05) is 29.3 Å². The fourth-order valence-electron chi connectivity index (χ4n) is 5.50. The molecule has 0 bridgehead atoms. The highest BCUT2D eigenvalue weighted by molar-refractivity contribution is 5.75. The molecule has 4 aromatic carbocycles. The molecule has 0 amide bonds. The first-order valence-electron chi connectivity index (χ1n) is 13.2. The Bertz CT molecular complexity index is 1590. The van der Waals surface area contributed by atoms with Crippen molar-refractivity contribution in [3.63, 3.8) is 0 Å². The van der Waals surface area contributed by atoms with Crippen LogP contribution in [0.3, 0.4) is 0 Å². The molecular weight excluding hydrogens is 462 g/mol. The van der Waals surface area contributed by atoms with Crippen molar-refractivity contribution < 1.29 is 0 Å². The third kappa shape index (κ3) is 4.59. The van der Waals surface area contributed by atoms with Crippen LogP contribution in [0.2, 0.25) is 0 Å². The van der Waals surface area contributed by atoms with Gasteiger partial charge >= 0.3 is 0 Å². The van der Waals surface area contributed by atoms with Crippen molar-refractivity contribution >= 4 is 11.4 Å². The van der Waals surface area contributed by atoms with E-state index in [1.165, 1.54) is 39.3 Å². The Labute approximate surface area is 225 Å². The Morgan fingerprint density at radius 3 is 2.11 bits per heavy atom. The van der Waals surface area contributed by atoms with Crippen LogP contribution >= 0.6 is 0 Å². The lowest BCUT2D eigenvalue weighted by Crippen LogP contribution is -2.29. The molecule has 1 aliphatic rings. The van der Waals surface area contributed by atoms with E-state index in [2.05, 4.69) is 150 Å². The molecule has 0 spiro atoms. The molecule has 0 fully saturated rings. The molecule has 0 N–H and O–H groups in total. The molecule has 1 aromatic heterocycles. The Morgan fingerprint density at radius 1 is 0.711 bits per heavy atom. The van der Waals surface area contributed by atoms with Crippen LogP contribution in [0.4, 0.5) is 11.4 Å². The molecule has 0 radical (unpaired) electrons. The first-order valence-corrected chi connectivity index (χ1v) is 13.2. The number of anilines is 2. The lowest BCUT2D eigenvalue weighted by Gasteiger charge is -2.33. The average Bonchev–Trinajstić information content (AvgIpc) is 3.44. The van der Waals surface area contributed by atoms with Gasteiger partial charge in [0.2, 0.25) is 0 Å². The van der Waals surface area contributed by atoms with Gasteiger partial charge < -0.3 is 4.90 Å². The van der Waals surface area contributed by atoms with Crippen molar-refractivity contribution in [1.82, 2.24) is 9.55 Å². The molecule has 3 nitrogen and oxygen atoms in total. The quantitative estimate of drug-likeness (QED) is 0.236. The second kappa shape index (κ2) is 10.4. The van der Waals surface area contributed by atoms with Crippen molar-refractivity contribution in [3.8, 4) is 28.2 Å². The predicted molar refractivity (Wildman–Crippen MR) is 159 cm³/mol. The second-order valence-electron chi connectivity index (χ2n) is 9.82. The summed E-state index contributed by atoms with van der Waals surface area (Å²) in [6.07, 6.45) is 13.7. The van der Waals surface area contributed by atoms with Gasteiger partial charge in [0.25, 0.3) is 0 Å². The van der Waals surface area contributed by atoms with Crippen molar-refractivity contribution in [2.24, 2.45) is 0 Å². The van der Waals surface area contributed by atoms with Crippen LogP contribution in [0.1, 0.15) is 17.5 Å². The number of nitrogens with zero attached hydrogens (tertiary/aromatic N) is 3. The third-order valence-corrected chi connectivity index (χ3v) is 7.19. The Morgan fingerprint density at radius 2 is 1.39 bits per heavy atom. The van der Waals surface area contributed by atoms with Crippen LogP contribution in [-0.2, 0) is 0 Å². The molecule has 1 atom stereocenters. The van der Waals surface area contributed by atoms with Crippen molar-refractivity contribution in [3.05, 3.63) is 145 Å². The number of allylic oxidation sites excluding steroid dienone is 2. The summed E-state index contributed by atoms with van der Waals surface area (Å²) in [6.45, 7) is 4.39. The minimum Gasteiger partial charge on any atom is -0.334 e. The molecule has 0 aliphatic heterocycles. The molecule has 1 aliphatic carbocycles. The summed E-state index contributed by atoms with van der Waals surface area (Å²) < 4.78 is 2.21. The van der Waals surface area contributed by atoms with Crippen molar-refractivity contribution in [1.29, 1.82) is 0 Å². The van der Waals surface area contributed by atoms with E-state index < -0.39 is 0 Å². The maximum Gasteiger partial charge on any atom is 0.144 e. The number of aromatic nitrogens is 2. The van der Waals surface area contributed by atoms with Gasteiger partial charge in [-0.3, -0.25) is 4.57 Å². The fraction of sp³-hybridized carbons (Fsp3) is 0.114. The van der Waals surface area contributed by atoms with Crippen molar-refractivity contribution in [2.75, 3.05) is 4.90 Å². The van der Waals surface area contributed by atoms with Gasteiger partial charge in [-0.05, 0) is 78.9 Å². The summed E-state index contributed by atoms with van der Waals surface area (Å²) >= 11 is 0. The molecule has 0 saturated heterocycles. The van der Waals surface area contributed by atoms with Gasteiger partial charge in [-0.2, -0.15) is 0 Å². The van der Waals surface area contributed by atoms with E-state index in [-0.39, 0.29) is 6.04 Å². The van der Waals surface area contributed by atoms with Gasteiger partial charge in [-0.1, -0.05) is 85.0 Å². The number of para-hydroxylation sites is 1. The highest BCUT2D eigenvalue weighted by Gasteiger charge is 2.20. The van der Waals surface area contributed by atoms with Crippen molar-refractivity contribution in [2.45, 2.75) is 26.3 Å². The Balaban J connectivity index is 1.39. The zero-order valence-electron chi connectivity index (χ0n) is 21.8. The number of hydrogen-bond donors (Lipinski definition) is 0. The lowest BCUT2D eigenvalue weighted by atomic mass is 9.97.